The lowest BCUT2D eigenvalue weighted by atomic mass is 10.3. The smallest absolute Gasteiger partial charge is 0.335 e. The van der Waals surface area contributed by atoms with Gasteiger partial charge in [-0.1, -0.05) is 0 Å². The third kappa shape index (κ3) is 2.32. The molecular formula is C9H7BrO4. The molecule has 1 aromatic carbocycles. The van der Waals surface area contributed by atoms with Gasteiger partial charge in [0.2, 0.25) is 0 Å². The molecule has 5 heteroatoms. The van der Waals surface area contributed by atoms with E-state index in [0.717, 1.165) is 0 Å². The molecule has 4 nitrogen and oxygen atoms in total. The molecule has 0 unspecified atom stereocenters. The number of rotatable bonds is 2. The minimum absolute atomic E-state index is 0.00387. The highest BCUT2D eigenvalue weighted by Crippen LogP contribution is 2.13. The van der Waals surface area contributed by atoms with Crippen LogP contribution in [0.3, 0.4) is 0 Å². The van der Waals surface area contributed by atoms with Crippen LogP contribution in [0.2, 0.25) is 0 Å². The lowest BCUT2D eigenvalue weighted by Gasteiger charge is -1.93. The molecule has 0 saturated carbocycles. The first-order valence-electron chi connectivity index (χ1n) is 3.67. The van der Waals surface area contributed by atoms with Gasteiger partial charge in [-0.25, -0.2) is 4.79 Å². The molecule has 0 fully saturated rings. The Morgan fingerprint density at radius 3 is 2.57 bits per heavy atom. The molecule has 0 bridgehead atoms. The second-order valence-corrected chi connectivity index (χ2v) is 3.37. The van der Waals surface area contributed by atoms with Crippen molar-refractivity contribution < 1.29 is 14.6 Å². The molecule has 0 aliphatic rings. The van der Waals surface area contributed by atoms with E-state index in [1.807, 2.05) is 0 Å². The molecule has 0 aliphatic heterocycles. The zero-order valence-corrected chi connectivity index (χ0v) is 8.87. The van der Waals surface area contributed by atoms with Crippen molar-refractivity contribution in [3.63, 3.8) is 0 Å². The highest BCUT2D eigenvalue weighted by molar-refractivity contribution is 9.10. The van der Waals surface area contributed by atoms with Crippen molar-refractivity contribution in [3.8, 4) is 5.75 Å². The lowest BCUT2D eigenvalue weighted by molar-refractivity contribution is 0.0696. The first-order valence-corrected chi connectivity index (χ1v) is 4.46. The van der Waals surface area contributed by atoms with Crippen molar-refractivity contribution in [3.05, 3.63) is 38.5 Å². The van der Waals surface area contributed by atoms with E-state index in [1.165, 1.54) is 25.3 Å². The summed E-state index contributed by atoms with van der Waals surface area (Å²) in [6, 6.07) is 3.75. The SMILES string of the molecule is COc1cc(C(=O)O)cc(Br)c(=O)c1. The Labute approximate surface area is 88.3 Å². The zero-order valence-electron chi connectivity index (χ0n) is 7.28. The second kappa shape index (κ2) is 4.23. The van der Waals surface area contributed by atoms with Crippen molar-refractivity contribution in [2.24, 2.45) is 0 Å². The quantitative estimate of drug-likeness (QED) is 0.874. The molecule has 0 aliphatic carbocycles. The number of aromatic carboxylic acids is 1. The Bertz CT molecular complexity index is 428. The number of hydrogen-bond acceptors (Lipinski definition) is 3. The normalized spacial score (nSPS) is 9.57. The van der Waals surface area contributed by atoms with E-state index in [9.17, 15) is 9.59 Å². The predicted octanol–water partition coefficient (Wildman–Crippen LogP) is 1.52. The standard InChI is InChI=1S/C9H7BrO4/c1-14-6-2-5(9(12)13)3-7(10)8(11)4-6/h2-4H,1H3,(H,12,13). The summed E-state index contributed by atoms with van der Waals surface area (Å²) in [5.41, 5.74) is -0.329. The fourth-order valence-corrected chi connectivity index (χ4v) is 1.24. The van der Waals surface area contributed by atoms with Gasteiger partial charge in [0.15, 0.2) is 5.43 Å². The van der Waals surface area contributed by atoms with Crippen molar-refractivity contribution in [1.82, 2.24) is 0 Å². The number of carboxylic acids is 1. The van der Waals surface area contributed by atoms with E-state index >= 15 is 0 Å². The van der Waals surface area contributed by atoms with Gasteiger partial charge in [-0.3, -0.25) is 4.79 Å². The second-order valence-electron chi connectivity index (χ2n) is 2.51. The molecule has 0 heterocycles. The number of carboxylic acid groups (broad SMARTS) is 1. The van der Waals surface area contributed by atoms with Crippen LogP contribution in [0.5, 0.6) is 5.75 Å². The van der Waals surface area contributed by atoms with E-state index in [4.69, 9.17) is 9.84 Å². The van der Waals surface area contributed by atoms with Crippen LogP contribution in [0.4, 0.5) is 0 Å². The Morgan fingerprint density at radius 1 is 1.43 bits per heavy atom. The van der Waals surface area contributed by atoms with Crippen LogP contribution >= 0.6 is 15.9 Å². The Balaban J connectivity index is 3.51. The average molecular weight is 259 g/mol. The number of halogens is 1. The molecule has 0 radical (unpaired) electrons. The summed E-state index contributed by atoms with van der Waals surface area (Å²) in [4.78, 5) is 21.9. The summed E-state index contributed by atoms with van der Waals surface area (Å²) in [6.07, 6.45) is 0. The third-order valence-corrected chi connectivity index (χ3v) is 2.19. The van der Waals surface area contributed by atoms with Crippen molar-refractivity contribution in [2.45, 2.75) is 0 Å². The van der Waals surface area contributed by atoms with E-state index in [0.29, 0.717) is 0 Å². The van der Waals surface area contributed by atoms with Gasteiger partial charge in [-0.15, -0.1) is 0 Å². The van der Waals surface area contributed by atoms with E-state index < -0.39 is 5.97 Å². The maximum atomic E-state index is 11.3. The van der Waals surface area contributed by atoms with Crippen LogP contribution in [0.15, 0.2) is 27.5 Å². The van der Waals surface area contributed by atoms with Crippen LogP contribution in [0.1, 0.15) is 10.4 Å². The Kier molecular flexibility index (Phi) is 3.24. The number of methoxy groups -OCH3 is 1. The van der Waals surface area contributed by atoms with Gasteiger partial charge in [-0.05, 0) is 28.1 Å². The topological polar surface area (TPSA) is 63.6 Å². The summed E-state index contributed by atoms with van der Waals surface area (Å²) in [7, 11) is 1.37. The van der Waals surface area contributed by atoms with Gasteiger partial charge in [0.05, 0.1) is 17.1 Å². The summed E-state index contributed by atoms with van der Waals surface area (Å²) in [5.74, 6) is -0.891. The van der Waals surface area contributed by atoms with Crippen LogP contribution in [0, 0.1) is 0 Å². The molecule has 74 valence electrons. The Hall–Kier alpha value is -1.36. The molecule has 0 spiro atoms. The summed E-state index contributed by atoms with van der Waals surface area (Å²) >= 11 is 2.98. The van der Waals surface area contributed by atoms with Crippen LogP contribution in [-0.4, -0.2) is 18.2 Å². The zero-order chi connectivity index (χ0) is 10.7. The minimum atomic E-state index is -1.11. The maximum Gasteiger partial charge on any atom is 0.335 e. The first kappa shape index (κ1) is 10.7. The highest BCUT2D eigenvalue weighted by atomic mass is 79.9. The number of ether oxygens (including phenoxy) is 1. The molecule has 0 saturated heterocycles. The van der Waals surface area contributed by atoms with Crippen molar-refractivity contribution >= 4 is 21.9 Å². The molecule has 0 amide bonds. The van der Waals surface area contributed by atoms with E-state index in [-0.39, 0.29) is 21.2 Å². The molecule has 0 atom stereocenters. The summed E-state index contributed by atoms with van der Waals surface area (Å²) in [5, 5.41) is 8.75. The maximum absolute atomic E-state index is 11.3. The first-order chi connectivity index (χ1) is 6.54. The van der Waals surface area contributed by atoms with Gasteiger partial charge in [0.1, 0.15) is 5.75 Å². The molecular weight excluding hydrogens is 252 g/mol. The van der Waals surface area contributed by atoms with Crippen LogP contribution in [0.25, 0.3) is 0 Å². The lowest BCUT2D eigenvalue weighted by Crippen LogP contribution is -1.96. The van der Waals surface area contributed by atoms with E-state index in [2.05, 4.69) is 15.9 Å². The van der Waals surface area contributed by atoms with E-state index in [1.54, 1.807) is 0 Å². The molecule has 1 aromatic rings. The molecule has 1 rings (SSSR count). The third-order valence-electron chi connectivity index (χ3n) is 1.57. The fourth-order valence-electron chi connectivity index (χ4n) is 0.884. The van der Waals surface area contributed by atoms with Gasteiger partial charge >= 0.3 is 5.97 Å². The molecule has 0 aromatic heterocycles. The predicted molar refractivity (Wildman–Crippen MR) is 53.9 cm³/mol. The van der Waals surface area contributed by atoms with Crippen LogP contribution in [-0.2, 0) is 0 Å². The summed E-state index contributed by atoms with van der Waals surface area (Å²) < 4.78 is 5.01. The fraction of sp³-hybridized carbons (Fsp3) is 0.111. The van der Waals surface area contributed by atoms with Gasteiger partial charge in [0.25, 0.3) is 0 Å². The van der Waals surface area contributed by atoms with Crippen molar-refractivity contribution in [1.29, 1.82) is 0 Å². The Morgan fingerprint density at radius 2 is 2.07 bits per heavy atom. The monoisotopic (exact) mass is 258 g/mol. The van der Waals surface area contributed by atoms with Gasteiger partial charge < -0.3 is 9.84 Å². The van der Waals surface area contributed by atoms with Gasteiger partial charge in [0, 0.05) is 6.07 Å². The average Bonchev–Trinajstić information content (AvgIpc) is 2.27. The summed E-state index contributed by atoms with van der Waals surface area (Å²) in [6.45, 7) is 0. The van der Waals surface area contributed by atoms with Gasteiger partial charge in [-0.2, -0.15) is 0 Å². The van der Waals surface area contributed by atoms with Crippen molar-refractivity contribution in [2.75, 3.05) is 7.11 Å². The number of hydrogen-bond donors (Lipinski definition) is 1. The molecule has 1 N–H and O–H groups in total. The highest BCUT2D eigenvalue weighted by Gasteiger charge is 2.06. The largest absolute Gasteiger partial charge is 0.497 e. The number of carbonyl (C=O) groups is 1. The molecule has 14 heavy (non-hydrogen) atoms. The minimum Gasteiger partial charge on any atom is -0.497 e. The van der Waals surface area contributed by atoms with Crippen LogP contribution < -0.4 is 10.2 Å².